The number of thiazole rings is 1. The van der Waals surface area contributed by atoms with Crippen molar-refractivity contribution in [1.29, 1.82) is 0 Å². The average Bonchev–Trinajstić information content (AvgIpc) is 2.85. The van der Waals surface area contributed by atoms with Crippen LogP contribution in [0.2, 0.25) is 0 Å². The lowest BCUT2D eigenvalue weighted by atomic mass is 10.4. The van der Waals surface area contributed by atoms with Gasteiger partial charge in [-0.15, -0.1) is 11.3 Å². The zero-order chi connectivity index (χ0) is 9.80. The molecule has 1 aromatic rings. The number of aromatic nitrogens is 1. The zero-order valence-electron chi connectivity index (χ0n) is 8.62. The number of anilines is 1. The van der Waals surface area contributed by atoms with Crippen molar-refractivity contribution in [3.8, 4) is 0 Å². The van der Waals surface area contributed by atoms with Crippen molar-refractivity contribution in [2.75, 3.05) is 24.5 Å². The van der Waals surface area contributed by atoms with Gasteiger partial charge in [-0.3, -0.25) is 0 Å². The first-order chi connectivity index (χ1) is 6.90. The molecule has 0 bridgehead atoms. The number of nitrogens with one attached hydrogen (secondary N) is 1. The van der Waals surface area contributed by atoms with E-state index in [9.17, 15) is 0 Å². The molecule has 0 aromatic carbocycles. The molecule has 0 saturated carbocycles. The lowest BCUT2D eigenvalue weighted by Crippen LogP contribution is -2.16. The Bertz CT molecular complexity index is 279. The molecular weight excluding hydrogens is 194 g/mol. The van der Waals surface area contributed by atoms with Crippen LogP contribution < -0.4 is 10.2 Å². The van der Waals surface area contributed by atoms with E-state index in [0.29, 0.717) is 0 Å². The van der Waals surface area contributed by atoms with Crippen LogP contribution in [0, 0.1) is 0 Å². The standard InChI is InChI=1S/C10H17N3S/c1-2-11-7-9-8-12-10(14-9)13-5-3-4-6-13/h8,11H,2-7H2,1H3. The molecule has 3 nitrogen and oxygen atoms in total. The van der Waals surface area contributed by atoms with E-state index in [4.69, 9.17) is 0 Å². The molecule has 1 fully saturated rings. The lowest BCUT2D eigenvalue weighted by Gasteiger charge is -2.12. The molecule has 1 aromatic heterocycles. The van der Waals surface area contributed by atoms with Crippen LogP contribution in [0.5, 0.6) is 0 Å². The normalized spacial score (nSPS) is 16.5. The van der Waals surface area contributed by atoms with Crippen molar-refractivity contribution >= 4 is 16.5 Å². The highest BCUT2D eigenvalue weighted by Gasteiger charge is 2.15. The first kappa shape index (κ1) is 9.93. The van der Waals surface area contributed by atoms with E-state index < -0.39 is 0 Å². The van der Waals surface area contributed by atoms with Crippen molar-refractivity contribution in [2.24, 2.45) is 0 Å². The Labute approximate surface area is 89.1 Å². The summed E-state index contributed by atoms with van der Waals surface area (Å²) in [6.45, 7) is 6.49. The van der Waals surface area contributed by atoms with Crippen molar-refractivity contribution in [3.05, 3.63) is 11.1 Å². The molecule has 0 amide bonds. The maximum absolute atomic E-state index is 4.46. The van der Waals surface area contributed by atoms with Gasteiger partial charge in [0, 0.05) is 30.7 Å². The minimum absolute atomic E-state index is 0.960. The molecular formula is C10H17N3S. The van der Waals surface area contributed by atoms with Crippen LogP contribution in [0.4, 0.5) is 5.13 Å². The molecule has 2 rings (SSSR count). The lowest BCUT2D eigenvalue weighted by molar-refractivity contribution is 0.734. The van der Waals surface area contributed by atoms with Crippen LogP contribution in [-0.2, 0) is 6.54 Å². The Morgan fingerprint density at radius 3 is 3.00 bits per heavy atom. The van der Waals surface area contributed by atoms with Crippen molar-refractivity contribution in [2.45, 2.75) is 26.3 Å². The van der Waals surface area contributed by atoms with Crippen LogP contribution in [0.1, 0.15) is 24.6 Å². The second kappa shape index (κ2) is 4.75. The summed E-state index contributed by atoms with van der Waals surface area (Å²) in [5.41, 5.74) is 0. The first-order valence-corrected chi connectivity index (χ1v) is 6.12. The summed E-state index contributed by atoms with van der Waals surface area (Å²) >= 11 is 1.82. The van der Waals surface area contributed by atoms with Gasteiger partial charge in [0.2, 0.25) is 0 Å². The van der Waals surface area contributed by atoms with Gasteiger partial charge in [-0.2, -0.15) is 0 Å². The predicted octanol–water partition coefficient (Wildman–Crippen LogP) is 1.85. The summed E-state index contributed by atoms with van der Waals surface area (Å²) in [5.74, 6) is 0. The van der Waals surface area contributed by atoms with E-state index in [1.807, 2.05) is 17.5 Å². The van der Waals surface area contributed by atoms with Crippen LogP contribution in [-0.4, -0.2) is 24.6 Å². The molecule has 0 aliphatic carbocycles. The highest BCUT2D eigenvalue weighted by Crippen LogP contribution is 2.25. The fraction of sp³-hybridized carbons (Fsp3) is 0.700. The van der Waals surface area contributed by atoms with E-state index in [0.717, 1.165) is 13.1 Å². The monoisotopic (exact) mass is 211 g/mol. The topological polar surface area (TPSA) is 28.2 Å². The molecule has 1 aliphatic rings. The fourth-order valence-electron chi connectivity index (χ4n) is 1.68. The van der Waals surface area contributed by atoms with Crippen LogP contribution in [0.3, 0.4) is 0 Å². The third kappa shape index (κ3) is 2.25. The number of hydrogen-bond donors (Lipinski definition) is 1. The SMILES string of the molecule is CCNCc1cnc(N2CCCC2)s1. The molecule has 78 valence electrons. The van der Waals surface area contributed by atoms with Gasteiger partial charge in [0.15, 0.2) is 5.13 Å². The minimum atomic E-state index is 0.960. The van der Waals surface area contributed by atoms with Gasteiger partial charge in [-0.05, 0) is 19.4 Å². The molecule has 0 radical (unpaired) electrons. The molecule has 1 N–H and O–H groups in total. The van der Waals surface area contributed by atoms with Gasteiger partial charge < -0.3 is 10.2 Å². The third-order valence-electron chi connectivity index (χ3n) is 2.47. The number of hydrogen-bond acceptors (Lipinski definition) is 4. The Kier molecular flexibility index (Phi) is 3.37. The quantitative estimate of drug-likeness (QED) is 0.824. The van der Waals surface area contributed by atoms with E-state index in [2.05, 4.69) is 22.1 Å². The summed E-state index contributed by atoms with van der Waals surface area (Å²) in [7, 11) is 0. The molecule has 0 spiro atoms. The minimum Gasteiger partial charge on any atom is -0.348 e. The third-order valence-corrected chi connectivity index (χ3v) is 3.53. The van der Waals surface area contributed by atoms with E-state index >= 15 is 0 Å². The van der Waals surface area contributed by atoms with Gasteiger partial charge in [0.05, 0.1) is 0 Å². The highest BCUT2D eigenvalue weighted by molar-refractivity contribution is 7.15. The molecule has 1 saturated heterocycles. The van der Waals surface area contributed by atoms with Crippen LogP contribution >= 0.6 is 11.3 Å². The number of rotatable bonds is 4. The molecule has 2 heterocycles. The largest absolute Gasteiger partial charge is 0.348 e. The average molecular weight is 211 g/mol. The Balaban J connectivity index is 1.94. The Morgan fingerprint density at radius 1 is 1.50 bits per heavy atom. The molecule has 0 atom stereocenters. The number of nitrogens with zero attached hydrogens (tertiary/aromatic N) is 2. The maximum atomic E-state index is 4.46. The summed E-state index contributed by atoms with van der Waals surface area (Å²) < 4.78 is 0. The molecule has 0 unspecified atom stereocenters. The highest BCUT2D eigenvalue weighted by atomic mass is 32.1. The van der Waals surface area contributed by atoms with Crippen molar-refractivity contribution < 1.29 is 0 Å². The summed E-state index contributed by atoms with van der Waals surface area (Å²) in [6, 6.07) is 0. The second-order valence-corrected chi connectivity index (χ2v) is 4.68. The first-order valence-electron chi connectivity index (χ1n) is 5.30. The zero-order valence-corrected chi connectivity index (χ0v) is 9.44. The summed E-state index contributed by atoms with van der Waals surface area (Å²) in [5, 5.41) is 4.52. The second-order valence-electron chi connectivity index (χ2n) is 3.58. The van der Waals surface area contributed by atoms with Crippen molar-refractivity contribution in [1.82, 2.24) is 10.3 Å². The summed E-state index contributed by atoms with van der Waals surface area (Å²) in [6.07, 6.45) is 4.64. The van der Waals surface area contributed by atoms with Gasteiger partial charge in [0.1, 0.15) is 0 Å². The van der Waals surface area contributed by atoms with E-state index in [1.165, 1.54) is 35.9 Å². The summed E-state index contributed by atoms with van der Waals surface area (Å²) in [4.78, 5) is 8.19. The van der Waals surface area contributed by atoms with E-state index in [-0.39, 0.29) is 0 Å². The van der Waals surface area contributed by atoms with Crippen LogP contribution in [0.25, 0.3) is 0 Å². The van der Waals surface area contributed by atoms with Gasteiger partial charge in [-0.25, -0.2) is 4.98 Å². The van der Waals surface area contributed by atoms with Gasteiger partial charge in [0.25, 0.3) is 0 Å². The molecule has 1 aliphatic heterocycles. The fourth-order valence-corrected chi connectivity index (χ4v) is 2.61. The molecule has 14 heavy (non-hydrogen) atoms. The van der Waals surface area contributed by atoms with Gasteiger partial charge in [-0.1, -0.05) is 6.92 Å². The maximum Gasteiger partial charge on any atom is 0.185 e. The predicted molar refractivity (Wildman–Crippen MR) is 60.9 cm³/mol. The Hall–Kier alpha value is -0.610. The Morgan fingerprint density at radius 2 is 2.29 bits per heavy atom. The van der Waals surface area contributed by atoms with Crippen LogP contribution in [0.15, 0.2) is 6.20 Å². The van der Waals surface area contributed by atoms with E-state index in [1.54, 1.807) is 0 Å². The molecule has 4 heteroatoms. The van der Waals surface area contributed by atoms with Gasteiger partial charge >= 0.3 is 0 Å². The van der Waals surface area contributed by atoms with Crippen molar-refractivity contribution in [3.63, 3.8) is 0 Å². The smallest absolute Gasteiger partial charge is 0.185 e.